The molecule has 8 heteroatoms. The van der Waals surface area contributed by atoms with Gasteiger partial charge in [0.2, 0.25) is 15.7 Å². The van der Waals surface area contributed by atoms with Gasteiger partial charge in [-0.15, -0.1) is 11.3 Å². The molecule has 1 amide bonds. The number of hydrogen-bond donors (Lipinski definition) is 1. The first-order valence-electron chi connectivity index (χ1n) is 8.46. The molecule has 1 aromatic heterocycles. The first-order chi connectivity index (χ1) is 13.4. The quantitative estimate of drug-likeness (QED) is 0.584. The van der Waals surface area contributed by atoms with Gasteiger partial charge in [0.05, 0.1) is 22.2 Å². The van der Waals surface area contributed by atoms with Gasteiger partial charge in [-0.3, -0.25) is 4.79 Å². The van der Waals surface area contributed by atoms with Crippen molar-refractivity contribution in [3.8, 4) is 5.75 Å². The molecule has 144 valence electrons. The molecule has 0 aliphatic carbocycles. The van der Waals surface area contributed by atoms with E-state index < -0.39 is 9.84 Å². The minimum absolute atomic E-state index is 0.143. The van der Waals surface area contributed by atoms with Crippen LogP contribution in [0.15, 0.2) is 68.2 Å². The molecular weight excluding hydrogens is 462 g/mol. The van der Waals surface area contributed by atoms with Crippen LogP contribution < -0.4 is 10.1 Å². The number of sulfone groups is 1. The number of carbonyl (C=O) groups is 1. The number of carbonyl (C=O) groups excluding carboxylic acids is 1. The average Bonchev–Trinajstić information content (AvgIpc) is 3.12. The molecular formula is C20H16BrNO4S2. The molecule has 0 saturated carbocycles. The number of fused-ring (bicyclic) bond motifs is 1. The molecule has 2 aromatic carbocycles. The summed E-state index contributed by atoms with van der Waals surface area (Å²) >= 11 is 4.83. The number of nitrogens with one attached hydrogen (secondary N) is 1. The summed E-state index contributed by atoms with van der Waals surface area (Å²) in [5.41, 5.74) is 1.32. The van der Waals surface area contributed by atoms with Crippen LogP contribution in [0, 0.1) is 0 Å². The second-order valence-electron chi connectivity index (χ2n) is 6.35. The number of ether oxygens (including phenoxy) is 1. The molecule has 0 fully saturated rings. The normalized spacial score (nSPS) is 16.4. The van der Waals surface area contributed by atoms with E-state index in [4.69, 9.17) is 4.74 Å². The fourth-order valence-electron chi connectivity index (χ4n) is 3.30. The van der Waals surface area contributed by atoms with E-state index in [1.54, 1.807) is 42.8 Å². The van der Waals surface area contributed by atoms with Crippen LogP contribution in [0.5, 0.6) is 5.75 Å². The zero-order valence-corrected chi connectivity index (χ0v) is 18.0. The van der Waals surface area contributed by atoms with Crippen LogP contribution in [0.25, 0.3) is 0 Å². The summed E-state index contributed by atoms with van der Waals surface area (Å²) in [5.74, 6) is 0.283. The fourth-order valence-corrected chi connectivity index (χ4v) is 6.78. The van der Waals surface area contributed by atoms with Gasteiger partial charge in [-0.1, -0.05) is 24.3 Å². The molecule has 0 bridgehead atoms. The van der Waals surface area contributed by atoms with Gasteiger partial charge in [-0.25, -0.2) is 8.42 Å². The van der Waals surface area contributed by atoms with Crippen LogP contribution in [0.2, 0.25) is 0 Å². The summed E-state index contributed by atoms with van der Waals surface area (Å²) in [6.07, 6.45) is 0.261. The lowest BCUT2D eigenvalue weighted by Gasteiger charge is -2.24. The van der Waals surface area contributed by atoms with E-state index in [2.05, 4.69) is 21.2 Å². The zero-order valence-electron chi connectivity index (χ0n) is 14.8. The topological polar surface area (TPSA) is 72.5 Å². The standard InChI is InChI=1S/C20H16BrNO4S2/c1-26-16-8-7-12(9-15(16)21)14-10-18(23)22-19-17(11-27-20(14)19)28(24,25)13-5-3-2-4-6-13/h2-9,11,14H,10H2,1H3,(H,22,23). The van der Waals surface area contributed by atoms with Crippen molar-refractivity contribution >= 4 is 48.7 Å². The molecule has 4 rings (SSSR count). The Morgan fingerprint density at radius 3 is 2.61 bits per heavy atom. The van der Waals surface area contributed by atoms with Crippen molar-refractivity contribution in [3.05, 3.63) is 68.8 Å². The van der Waals surface area contributed by atoms with Crippen molar-refractivity contribution in [2.45, 2.75) is 22.1 Å². The van der Waals surface area contributed by atoms with Crippen LogP contribution >= 0.6 is 27.3 Å². The Bertz CT molecular complexity index is 1160. The molecule has 0 spiro atoms. The monoisotopic (exact) mass is 477 g/mol. The lowest BCUT2D eigenvalue weighted by atomic mass is 9.90. The first kappa shape index (κ1) is 19.2. The zero-order chi connectivity index (χ0) is 19.9. The van der Waals surface area contributed by atoms with Crippen molar-refractivity contribution in [2.75, 3.05) is 12.4 Å². The molecule has 3 aromatic rings. The van der Waals surface area contributed by atoms with Gasteiger partial charge >= 0.3 is 0 Å². The molecule has 1 aliphatic rings. The van der Waals surface area contributed by atoms with Gasteiger partial charge in [-0.2, -0.15) is 0 Å². The number of rotatable bonds is 4. The van der Waals surface area contributed by atoms with Crippen molar-refractivity contribution in [2.24, 2.45) is 0 Å². The van der Waals surface area contributed by atoms with E-state index in [-0.39, 0.29) is 28.0 Å². The van der Waals surface area contributed by atoms with Crippen LogP contribution in [0.1, 0.15) is 22.8 Å². The average molecular weight is 478 g/mol. The highest BCUT2D eigenvalue weighted by Crippen LogP contribution is 2.46. The van der Waals surface area contributed by atoms with Gasteiger partial charge in [0.25, 0.3) is 0 Å². The molecule has 2 heterocycles. The second kappa shape index (κ2) is 7.35. The molecule has 1 unspecified atom stereocenters. The maximum atomic E-state index is 13.1. The summed E-state index contributed by atoms with van der Waals surface area (Å²) in [6.45, 7) is 0. The maximum absolute atomic E-state index is 13.1. The third-order valence-corrected chi connectivity index (χ3v) is 8.34. The van der Waals surface area contributed by atoms with E-state index in [0.29, 0.717) is 11.4 Å². The number of benzene rings is 2. The number of hydrogen-bond acceptors (Lipinski definition) is 5. The number of amides is 1. The number of anilines is 1. The number of thiophene rings is 1. The van der Waals surface area contributed by atoms with Gasteiger partial charge in [0, 0.05) is 22.6 Å². The lowest BCUT2D eigenvalue weighted by molar-refractivity contribution is -0.116. The minimum Gasteiger partial charge on any atom is -0.496 e. The van der Waals surface area contributed by atoms with Gasteiger partial charge in [0.1, 0.15) is 10.6 Å². The van der Waals surface area contributed by atoms with E-state index in [9.17, 15) is 13.2 Å². The Labute approximate surface area is 175 Å². The third-order valence-electron chi connectivity index (χ3n) is 4.68. The second-order valence-corrected chi connectivity index (χ2v) is 10.0. The molecule has 1 N–H and O–H groups in total. The molecule has 5 nitrogen and oxygen atoms in total. The molecule has 1 aliphatic heterocycles. The molecule has 1 atom stereocenters. The Balaban J connectivity index is 1.82. The predicted octanol–water partition coefficient (Wildman–Crippen LogP) is 4.83. The smallest absolute Gasteiger partial charge is 0.225 e. The van der Waals surface area contributed by atoms with Crippen LogP contribution in [-0.4, -0.2) is 21.4 Å². The Morgan fingerprint density at radius 2 is 1.93 bits per heavy atom. The molecule has 0 saturated heterocycles. The van der Waals surface area contributed by atoms with Gasteiger partial charge in [-0.05, 0) is 45.8 Å². The Hall–Kier alpha value is -2.16. The Kier molecular flexibility index (Phi) is 5.03. The lowest BCUT2D eigenvalue weighted by Crippen LogP contribution is -2.23. The predicted molar refractivity (Wildman–Crippen MR) is 112 cm³/mol. The van der Waals surface area contributed by atoms with Crippen LogP contribution in [0.3, 0.4) is 0 Å². The van der Waals surface area contributed by atoms with Gasteiger partial charge in [0.15, 0.2) is 0 Å². The number of methoxy groups -OCH3 is 1. The summed E-state index contributed by atoms with van der Waals surface area (Å²) in [7, 11) is -2.13. The highest BCUT2D eigenvalue weighted by atomic mass is 79.9. The van der Waals surface area contributed by atoms with Crippen molar-refractivity contribution in [1.82, 2.24) is 0 Å². The van der Waals surface area contributed by atoms with Crippen molar-refractivity contribution in [3.63, 3.8) is 0 Å². The summed E-state index contributed by atoms with van der Waals surface area (Å²) in [4.78, 5) is 13.6. The van der Waals surface area contributed by atoms with Crippen molar-refractivity contribution < 1.29 is 17.9 Å². The summed E-state index contributed by atoms with van der Waals surface area (Å²) in [6, 6.07) is 13.9. The van der Waals surface area contributed by atoms with E-state index in [1.165, 1.54) is 11.3 Å². The van der Waals surface area contributed by atoms with E-state index >= 15 is 0 Å². The van der Waals surface area contributed by atoms with Crippen LogP contribution in [-0.2, 0) is 14.6 Å². The maximum Gasteiger partial charge on any atom is 0.225 e. The SMILES string of the molecule is COc1ccc(C2CC(=O)Nc3c(S(=O)(=O)c4ccccc4)csc32)cc1Br. The minimum atomic E-state index is -3.72. The Morgan fingerprint density at radius 1 is 1.18 bits per heavy atom. The first-order valence-corrected chi connectivity index (χ1v) is 11.6. The summed E-state index contributed by atoms with van der Waals surface area (Å²) < 4.78 is 32.2. The highest BCUT2D eigenvalue weighted by Gasteiger charge is 2.34. The summed E-state index contributed by atoms with van der Waals surface area (Å²) in [5, 5.41) is 4.39. The highest BCUT2D eigenvalue weighted by molar-refractivity contribution is 9.10. The number of halogens is 1. The molecule has 28 heavy (non-hydrogen) atoms. The van der Waals surface area contributed by atoms with E-state index in [1.807, 2.05) is 18.2 Å². The van der Waals surface area contributed by atoms with Crippen LogP contribution in [0.4, 0.5) is 5.69 Å². The van der Waals surface area contributed by atoms with Gasteiger partial charge < -0.3 is 10.1 Å². The largest absolute Gasteiger partial charge is 0.496 e. The fraction of sp³-hybridized carbons (Fsp3) is 0.150. The van der Waals surface area contributed by atoms with Crippen molar-refractivity contribution in [1.29, 1.82) is 0 Å². The molecule has 0 radical (unpaired) electrons. The third kappa shape index (κ3) is 3.25. The van der Waals surface area contributed by atoms with E-state index in [0.717, 1.165) is 14.9 Å².